The SMILES string of the molecule is [2H]C([2H])([2H])OC1CCC(n2c([C@@H]3CCOC(=O)N3c3ccc(Cl)c(F)c3)nc3cc(-c4c(C)noc4C)ccc32)CC1. The zero-order valence-corrected chi connectivity index (χ0v) is 22.4. The molecule has 4 aromatic rings. The molecule has 0 N–H and O–H groups in total. The molecule has 2 fully saturated rings. The van der Waals surface area contributed by atoms with Gasteiger partial charge >= 0.3 is 6.09 Å². The molecule has 3 heterocycles. The molecule has 204 valence electrons. The Morgan fingerprint density at radius 2 is 1.95 bits per heavy atom. The number of carbonyl (C=O) groups excluding carboxylic acids is 1. The number of hydrogen-bond donors (Lipinski definition) is 0. The molecule has 8 nitrogen and oxygen atoms in total. The maximum absolute atomic E-state index is 14.5. The fourth-order valence-electron chi connectivity index (χ4n) is 5.96. The Hall–Kier alpha value is -3.43. The number of nitrogens with zero attached hydrogens (tertiary/aromatic N) is 4. The molecule has 6 rings (SSSR count). The van der Waals surface area contributed by atoms with Gasteiger partial charge in [0, 0.05) is 25.1 Å². The van der Waals surface area contributed by atoms with Gasteiger partial charge in [0.2, 0.25) is 0 Å². The van der Waals surface area contributed by atoms with E-state index in [2.05, 4.69) is 9.72 Å². The van der Waals surface area contributed by atoms with Crippen molar-refractivity contribution < 1.29 is 27.3 Å². The second kappa shape index (κ2) is 10.3. The minimum absolute atomic E-state index is 0.0203. The van der Waals surface area contributed by atoms with Crippen molar-refractivity contribution in [2.24, 2.45) is 0 Å². The number of anilines is 1. The minimum Gasteiger partial charge on any atom is -0.449 e. The quantitative estimate of drug-likeness (QED) is 0.256. The number of hydrogen-bond acceptors (Lipinski definition) is 6. The Morgan fingerprint density at radius 3 is 2.67 bits per heavy atom. The molecule has 0 bridgehead atoms. The van der Waals surface area contributed by atoms with Crippen LogP contribution in [0.4, 0.5) is 14.9 Å². The van der Waals surface area contributed by atoms with E-state index >= 15 is 0 Å². The lowest BCUT2D eigenvalue weighted by molar-refractivity contribution is 0.0582. The number of aryl methyl sites for hydroxylation is 2. The molecule has 1 aliphatic heterocycles. The van der Waals surface area contributed by atoms with Gasteiger partial charge in [-0.3, -0.25) is 4.90 Å². The van der Waals surface area contributed by atoms with Crippen LogP contribution in [0.5, 0.6) is 0 Å². The van der Waals surface area contributed by atoms with Crippen molar-refractivity contribution in [2.45, 2.75) is 64.1 Å². The number of benzene rings is 2. The van der Waals surface area contributed by atoms with Crippen molar-refractivity contribution >= 4 is 34.4 Å². The third-order valence-corrected chi connectivity index (χ3v) is 8.13. The summed E-state index contributed by atoms with van der Waals surface area (Å²) in [6.45, 7) is 3.93. The van der Waals surface area contributed by atoms with E-state index in [1.54, 1.807) is 6.07 Å². The summed E-state index contributed by atoms with van der Waals surface area (Å²) in [5.41, 5.74) is 4.49. The number of cyclic esters (lactones) is 1. The van der Waals surface area contributed by atoms with Crippen LogP contribution >= 0.6 is 11.6 Å². The van der Waals surface area contributed by atoms with E-state index in [1.165, 1.54) is 17.0 Å². The molecule has 2 aromatic carbocycles. The molecular weight excluding hydrogens is 523 g/mol. The highest BCUT2D eigenvalue weighted by Crippen LogP contribution is 2.41. The molecule has 0 unspecified atom stereocenters. The number of methoxy groups -OCH3 is 1. The summed E-state index contributed by atoms with van der Waals surface area (Å²) in [6, 6.07) is 9.65. The summed E-state index contributed by atoms with van der Waals surface area (Å²) in [5, 5.41) is 4.04. The number of rotatable bonds is 5. The van der Waals surface area contributed by atoms with E-state index in [1.807, 2.05) is 32.0 Å². The normalized spacial score (nSPS) is 23.4. The van der Waals surface area contributed by atoms with Gasteiger partial charge in [-0.25, -0.2) is 14.2 Å². The topological polar surface area (TPSA) is 82.6 Å². The summed E-state index contributed by atoms with van der Waals surface area (Å²) < 4.78 is 55.3. The van der Waals surface area contributed by atoms with Crippen LogP contribution in [0.1, 0.15) is 65.6 Å². The molecule has 1 aliphatic carbocycles. The monoisotopic (exact) mass is 555 g/mol. The zero-order chi connectivity index (χ0) is 29.8. The van der Waals surface area contributed by atoms with Crippen molar-refractivity contribution in [3.63, 3.8) is 0 Å². The number of ether oxygens (including phenoxy) is 2. The molecule has 39 heavy (non-hydrogen) atoms. The Labute approximate surface area is 234 Å². The maximum atomic E-state index is 14.5. The Kier molecular flexibility index (Phi) is 5.90. The summed E-state index contributed by atoms with van der Waals surface area (Å²) in [5.74, 6) is 0.703. The molecule has 0 spiro atoms. The highest BCUT2D eigenvalue weighted by molar-refractivity contribution is 6.30. The number of aromatic nitrogens is 3. The first-order valence-corrected chi connectivity index (χ1v) is 13.4. The van der Waals surface area contributed by atoms with E-state index in [4.69, 9.17) is 34.7 Å². The lowest BCUT2D eigenvalue weighted by atomic mass is 9.92. The first-order chi connectivity index (χ1) is 20.0. The van der Waals surface area contributed by atoms with Gasteiger partial charge in [-0.05, 0) is 75.4 Å². The molecule has 1 saturated heterocycles. The molecule has 10 heteroatoms. The van der Waals surface area contributed by atoms with Gasteiger partial charge in [0.25, 0.3) is 0 Å². The van der Waals surface area contributed by atoms with Crippen LogP contribution in [0.2, 0.25) is 5.02 Å². The summed E-state index contributed by atoms with van der Waals surface area (Å²) >= 11 is 5.94. The van der Waals surface area contributed by atoms with Crippen LogP contribution in [0.25, 0.3) is 22.2 Å². The third-order valence-electron chi connectivity index (χ3n) is 7.82. The average molecular weight is 556 g/mol. The van der Waals surface area contributed by atoms with Crippen LogP contribution < -0.4 is 4.90 Å². The first kappa shape index (κ1) is 22.4. The van der Waals surface area contributed by atoms with E-state index in [0.29, 0.717) is 49.4 Å². The largest absolute Gasteiger partial charge is 0.449 e. The van der Waals surface area contributed by atoms with Crippen LogP contribution in [-0.4, -0.2) is 40.5 Å². The highest BCUT2D eigenvalue weighted by Gasteiger charge is 2.38. The Balaban J connectivity index is 1.46. The predicted octanol–water partition coefficient (Wildman–Crippen LogP) is 7.32. The molecule has 1 amide bonds. The van der Waals surface area contributed by atoms with Gasteiger partial charge < -0.3 is 18.6 Å². The number of imidazole rings is 1. The number of amides is 1. The molecule has 2 aliphatic rings. The number of carbonyl (C=O) groups is 1. The standard InChI is InChI=1S/C29H30ClFN4O4/c1-16-27(17(2)39-33-16)18-4-11-25-24(14-18)32-28(34(25)19-5-8-21(37-3)9-6-19)26-12-13-38-29(36)35(26)20-7-10-22(30)23(31)15-20/h4,7,10-11,14-15,19,21,26H,5-6,8-9,12-13H2,1-3H3/t19?,21?,26-/m0/s1/i3D3. The summed E-state index contributed by atoms with van der Waals surface area (Å²) in [6.07, 6.45) is 1.94. The van der Waals surface area contributed by atoms with E-state index in [-0.39, 0.29) is 23.8 Å². The molecule has 1 atom stereocenters. The lowest BCUT2D eigenvalue weighted by Crippen LogP contribution is -2.42. The third kappa shape index (κ3) is 4.57. The van der Waals surface area contributed by atoms with Gasteiger partial charge in [-0.15, -0.1) is 0 Å². The van der Waals surface area contributed by atoms with E-state index in [0.717, 1.165) is 27.9 Å². The van der Waals surface area contributed by atoms with E-state index < -0.39 is 25.0 Å². The maximum Gasteiger partial charge on any atom is 0.414 e. The predicted molar refractivity (Wildman–Crippen MR) is 146 cm³/mol. The lowest BCUT2D eigenvalue weighted by Gasteiger charge is -2.37. The molecule has 2 aromatic heterocycles. The molecule has 0 radical (unpaired) electrons. The Bertz CT molecular complexity index is 1630. The molecular formula is C29H30ClFN4O4. The zero-order valence-electron chi connectivity index (χ0n) is 24.6. The van der Waals surface area contributed by atoms with Crippen LogP contribution in [0.15, 0.2) is 40.9 Å². The first-order valence-electron chi connectivity index (χ1n) is 14.5. The summed E-state index contributed by atoms with van der Waals surface area (Å²) in [4.78, 5) is 19.7. The van der Waals surface area contributed by atoms with Gasteiger partial charge in [0.15, 0.2) is 0 Å². The van der Waals surface area contributed by atoms with Gasteiger partial charge in [-0.2, -0.15) is 0 Å². The van der Waals surface area contributed by atoms with Crippen molar-refractivity contribution in [3.8, 4) is 11.1 Å². The second-order valence-corrected chi connectivity index (χ2v) is 10.6. The summed E-state index contributed by atoms with van der Waals surface area (Å²) in [7, 11) is -2.45. The fourth-order valence-corrected chi connectivity index (χ4v) is 6.07. The van der Waals surface area contributed by atoms with Crippen molar-refractivity contribution in [1.82, 2.24) is 14.7 Å². The second-order valence-electron chi connectivity index (χ2n) is 10.2. The average Bonchev–Trinajstić information content (AvgIpc) is 3.48. The van der Waals surface area contributed by atoms with Crippen molar-refractivity contribution in [1.29, 1.82) is 0 Å². The minimum atomic E-state index is -2.45. The van der Waals surface area contributed by atoms with Crippen molar-refractivity contribution in [3.05, 3.63) is 64.5 Å². The van der Waals surface area contributed by atoms with E-state index in [9.17, 15) is 9.18 Å². The molecule has 1 saturated carbocycles. The Morgan fingerprint density at radius 1 is 1.13 bits per heavy atom. The number of fused-ring (bicyclic) bond motifs is 1. The van der Waals surface area contributed by atoms with Gasteiger partial charge in [0.1, 0.15) is 23.4 Å². The van der Waals surface area contributed by atoms with Crippen LogP contribution in [0.3, 0.4) is 0 Å². The van der Waals surface area contributed by atoms with Gasteiger partial charge in [0.05, 0.1) is 44.3 Å². The van der Waals surface area contributed by atoms with Gasteiger partial charge in [-0.1, -0.05) is 22.8 Å². The highest BCUT2D eigenvalue weighted by atomic mass is 35.5. The number of halogens is 2. The smallest absolute Gasteiger partial charge is 0.414 e. The fraction of sp³-hybridized carbons (Fsp3) is 0.414. The van der Waals surface area contributed by atoms with Crippen LogP contribution in [0, 0.1) is 19.7 Å². The van der Waals surface area contributed by atoms with Crippen molar-refractivity contribution in [2.75, 3.05) is 18.5 Å². The van der Waals surface area contributed by atoms with Crippen LogP contribution in [-0.2, 0) is 9.47 Å².